The second-order valence-corrected chi connectivity index (χ2v) is 5.20. The van der Waals surface area contributed by atoms with Gasteiger partial charge in [-0.05, 0) is 30.7 Å². The summed E-state index contributed by atoms with van der Waals surface area (Å²) >= 11 is 2.00. The Morgan fingerprint density at radius 2 is 2.40 bits per heavy atom. The van der Waals surface area contributed by atoms with Gasteiger partial charge in [0.2, 0.25) is 0 Å². The van der Waals surface area contributed by atoms with Crippen LogP contribution in [0, 0.1) is 6.92 Å². The van der Waals surface area contributed by atoms with E-state index in [-0.39, 0.29) is 0 Å². The monoisotopic (exact) mass is 223 g/mol. The van der Waals surface area contributed by atoms with E-state index in [1.807, 2.05) is 30.9 Å². The van der Waals surface area contributed by atoms with Gasteiger partial charge in [0.25, 0.3) is 0 Å². The highest BCUT2D eigenvalue weighted by molar-refractivity contribution is 7.99. The highest BCUT2D eigenvalue weighted by Crippen LogP contribution is 2.28. The zero-order valence-corrected chi connectivity index (χ0v) is 10.0. The number of thioether (sulfide) groups is 1. The lowest BCUT2D eigenvalue weighted by atomic mass is 10.2. The zero-order chi connectivity index (χ0) is 10.8. The van der Waals surface area contributed by atoms with Crippen LogP contribution in [0.3, 0.4) is 0 Å². The molecule has 0 saturated carbocycles. The van der Waals surface area contributed by atoms with Crippen LogP contribution in [-0.4, -0.2) is 29.6 Å². The molecular weight excluding hydrogens is 206 g/mol. The summed E-state index contributed by atoms with van der Waals surface area (Å²) in [5.41, 5.74) is 7.88. The van der Waals surface area contributed by atoms with Gasteiger partial charge in [-0.15, -0.1) is 0 Å². The quantitative estimate of drug-likeness (QED) is 0.831. The van der Waals surface area contributed by atoms with Crippen LogP contribution < -0.4 is 10.6 Å². The maximum Gasteiger partial charge on any atom is 0.151 e. The first-order chi connectivity index (χ1) is 7.18. The first-order valence-corrected chi connectivity index (χ1v) is 6.36. The van der Waals surface area contributed by atoms with Crippen LogP contribution in [0.2, 0.25) is 0 Å². The van der Waals surface area contributed by atoms with Gasteiger partial charge in [0, 0.05) is 25.0 Å². The molecule has 2 N–H and O–H groups in total. The Balaban J connectivity index is 2.20. The fraction of sp³-hybridized carbons (Fsp3) is 0.545. The number of pyridine rings is 1. The summed E-state index contributed by atoms with van der Waals surface area (Å²) in [7, 11) is 2.09. The molecule has 1 saturated heterocycles. The molecule has 0 bridgehead atoms. The summed E-state index contributed by atoms with van der Waals surface area (Å²) in [6, 6.07) is 2.58. The number of aromatic nitrogens is 1. The van der Waals surface area contributed by atoms with Gasteiger partial charge in [-0.1, -0.05) is 0 Å². The summed E-state index contributed by atoms with van der Waals surface area (Å²) in [4.78, 5) is 6.63. The maximum atomic E-state index is 5.98. The summed E-state index contributed by atoms with van der Waals surface area (Å²) in [6.07, 6.45) is 3.11. The average Bonchev–Trinajstić information content (AvgIpc) is 2.69. The van der Waals surface area contributed by atoms with E-state index in [1.165, 1.54) is 17.9 Å². The largest absolute Gasteiger partial charge is 0.396 e. The van der Waals surface area contributed by atoms with Crippen LogP contribution in [0.4, 0.5) is 11.5 Å². The minimum Gasteiger partial charge on any atom is -0.396 e. The Hall–Kier alpha value is -0.900. The molecule has 4 heteroatoms. The second kappa shape index (κ2) is 4.31. The molecule has 0 aliphatic carbocycles. The molecule has 1 atom stereocenters. The molecule has 0 spiro atoms. The van der Waals surface area contributed by atoms with Crippen molar-refractivity contribution >= 4 is 23.3 Å². The van der Waals surface area contributed by atoms with Crippen LogP contribution in [0.15, 0.2) is 12.3 Å². The van der Waals surface area contributed by atoms with Crippen molar-refractivity contribution in [1.29, 1.82) is 0 Å². The Morgan fingerprint density at radius 3 is 3.00 bits per heavy atom. The molecule has 82 valence electrons. The van der Waals surface area contributed by atoms with Crippen molar-refractivity contribution in [3.05, 3.63) is 17.8 Å². The normalized spacial score (nSPS) is 20.5. The molecule has 1 fully saturated rings. The van der Waals surface area contributed by atoms with Gasteiger partial charge in [0.15, 0.2) is 5.82 Å². The number of nitrogen functional groups attached to an aromatic ring is 1. The van der Waals surface area contributed by atoms with Crippen molar-refractivity contribution in [3.8, 4) is 0 Å². The van der Waals surface area contributed by atoms with Gasteiger partial charge in [0.1, 0.15) is 0 Å². The van der Waals surface area contributed by atoms with E-state index in [1.54, 1.807) is 0 Å². The van der Waals surface area contributed by atoms with Crippen molar-refractivity contribution in [1.82, 2.24) is 4.98 Å². The van der Waals surface area contributed by atoms with Gasteiger partial charge in [0.05, 0.1) is 5.69 Å². The summed E-state index contributed by atoms with van der Waals surface area (Å²) < 4.78 is 0. The van der Waals surface area contributed by atoms with Gasteiger partial charge in [-0.3, -0.25) is 0 Å². The lowest BCUT2D eigenvalue weighted by Crippen LogP contribution is -2.32. The van der Waals surface area contributed by atoms with E-state index in [9.17, 15) is 0 Å². The zero-order valence-electron chi connectivity index (χ0n) is 9.23. The minimum absolute atomic E-state index is 0.590. The number of rotatable bonds is 2. The molecule has 0 amide bonds. The molecule has 2 heterocycles. The van der Waals surface area contributed by atoms with Crippen molar-refractivity contribution in [3.63, 3.8) is 0 Å². The van der Waals surface area contributed by atoms with Crippen LogP contribution in [0.25, 0.3) is 0 Å². The van der Waals surface area contributed by atoms with Crippen LogP contribution >= 0.6 is 11.8 Å². The third kappa shape index (κ3) is 2.20. The number of nitrogens with zero attached hydrogens (tertiary/aromatic N) is 2. The highest BCUT2D eigenvalue weighted by Gasteiger charge is 2.22. The molecule has 0 radical (unpaired) electrons. The molecule has 3 nitrogen and oxygen atoms in total. The molecule has 1 aromatic rings. The molecule has 0 aromatic carbocycles. The Kier molecular flexibility index (Phi) is 3.05. The third-order valence-corrected chi connectivity index (χ3v) is 3.96. The Morgan fingerprint density at radius 1 is 1.60 bits per heavy atom. The van der Waals surface area contributed by atoms with Gasteiger partial charge >= 0.3 is 0 Å². The number of anilines is 2. The molecule has 2 rings (SSSR count). The summed E-state index contributed by atoms with van der Waals surface area (Å²) in [5.74, 6) is 3.36. The van der Waals surface area contributed by atoms with Gasteiger partial charge in [-0.2, -0.15) is 11.8 Å². The van der Waals surface area contributed by atoms with Crippen molar-refractivity contribution in [2.75, 3.05) is 29.2 Å². The minimum atomic E-state index is 0.590. The first kappa shape index (κ1) is 10.6. The number of nitrogens with two attached hydrogens (primary N) is 1. The third-order valence-electron chi connectivity index (χ3n) is 2.82. The lowest BCUT2D eigenvalue weighted by Gasteiger charge is -2.26. The van der Waals surface area contributed by atoms with Crippen LogP contribution in [0.1, 0.15) is 12.0 Å². The van der Waals surface area contributed by atoms with Crippen molar-refractivity contribution in [2.24, 2.45) is 0 Å². The highest BCUT2D eigenvalue weighted by atomic mass is 32.2. The predicted octanol–water partition coefficient (Wildman–Crippen LogP) is 1.91. The molecule has 1 aliphatic heterocycles. The molecule has 1 aliphatic rings. The van der Waals surface area contributed by atoms with E-state index in [4.69, 9.17) is 5.73 Å². The van der Waals surface area contributed by atoms with E-state index in [0.29, 0.717) is 6.04 Å². The maximum absolute atomic E-state index is 5.98. The topological polar surface area (TPSA) is 42.2 Å². The summed E-state index contributed by atoms with van der Waals surface area (Å²) in [5, 5.41) is 0. The fourth-order valence-corrected chi connectivity index (χ4v) is 3.15. The van der Waals surface area contributed by atoms with Crippen molar-refractivity contribution in [2.45, 2.75) is 19.4 Å². The van der Waals surface area contributed by atoms with E-state index < -0.39 is 0 Å². The number of hydrogen-bond donors (Lipinski definition) is 1. The first-order valence-electron chi connectivity index (χ1n) is 5.21. The summed E-state index contributed by atoms with van der Waals surface area (Å²) in [6.45, 7) is 2.01. The molecule has 15 heavy (non-hydrogen) atoms. The van der Waals surface area contributed by atoms with E-state index >= 15 is 0 Å². The standard InChI is InChI=1S/C11H17N3S/c1-8-5-10(12)11(13-6-8)14(2)9-3-4-15-7-9/h5-6,9H,3-4,7,12H2,1-2H3. The van der Waals surface area contributed by atoms with Gasteiger partial charge < -0.3 is 10.6 Å². The smallest absolute Gasteiger partial charge is 0.151 e. The lowest BCUT2D eigenvalue weighted by molar-refractivity contribution is 0.692. The van der Waals surface area contributed by atoms with Crippen molar-refractivity contribution < 1.29 is 0 Å². The van der Waals surface area contributed by atoms with Crippen LogP contribution in [0.5, 0.6) is 0 Å². The molecule has 1 aromatic heterocycles. The molecule has 1 unspecified atom stereocenters. The van der Waals surface area contributed by atoms with Gasteiger partial charge in [-0.25, -0.2) is 4.98 Å². The average molecular weight is 223 g/mol. The SMILES string of the molecule is Cc1cnc(N(C)C2CCSC2)c(N)c1. The predicted molar refractivity (Wildman–Crippen MR) is 67.5 cm³/mol. The van der Waals surface area contributed by atoms with E-state index in [2.05, 4.69) is 16.9 Å². The Bertz CT molecular complexity index is 348. The van der Waals surface area contributed by atoms with Crippen LogP contribution in [-0.2, 0) is 0 Å². The molecular formula is C11H17N3S. The number of aryl methyl sites for hydroxylation is 1. The fourth-order valence-electron chi connectivity index (χ4n) is 1.88. The number of hydrogen-bond acceptors (Lipinski definition) is 4. The Labute approximate surface area is 95.1 Å². The second-order valence-electron chi connectivity index (χ2n) is 4.05. The van der Waals surface area contributed by atoms with E-state index in [0.717, 1.165) is 17.1 Å².